The van der Waals surface area contributed by atoms with Gasteiger partial charge in [0.25, 0.3) is 0 Å². The Morgan fingerprint density at radius 1 is 0.516 bits per heavy atom. The maximum Gasteiger partial charge on any atom is 0.306 e. The van der Waals surface area contributed by atoms with E-state index < -0.39 is 18.1 Å². The number of likely N-dealkylation sites (N-methyl/N-ethyl adjacent to an activating group) is 1. The number of carboxylic acids is 1. The van der Waals surface area contributed by atoms with Gasteiger partial charge in [0.15, 0.2) is 6.10 Å². The predicted octanol–water partition coefficient (Wildman–Crippen LogP) is 13.0. The zero-order chi connectivity index (χ0) is 45.6. The molecule has 0 aromatic rings. The number of nitrogens with zero attached hydrogens (tertiary/aromatic N) is 1. The van der Waals surface area contributed by atoms with Crippen molar-refractivity contribution in [2.45, 2.75) is 212 Å². The summed E-state index contributed by atoms with van der Waals surface area (Å²) in [6.45, 7) is 4.52. The van der Waals surface area contributed by atoms with Gasteiger partial charge in [-0.05, 0) is 70.6 Å². The summed E-state index contributed by atoms with van der Waals surface area (Å²) in [5.41, 5.74) is 0. The van der Waals surface area contributed by atoms with E-state index in [0.717, 1.165) is 83.5 Å². The molecule has 0 rings (SSSR count). The normalized spacial score (nSPS) is 13.5. The largest absolute Gasteiger partial charge is 0.544 e. The van der Waals surface area contributed by atoms with Crippen LogP contribution in [0.4, 0.5) is 0 Å². The Morgan fingerprint density at radius 3 is 1.47 bits per heavy atom. The van der Waals surface area contributed by atoms with Crippen molar-refractivity contribution >= 4 is 17.9 Å². The number of hydrogen-bond acceptors (Lipinski definition) is 7. The Balaban J connectivity index is 4.32. The van der Waals surface area contributed by atoms with Crippen molar-refractivity contribution in [3.63, 3.8) is 0 Å². The predicted molar refractivity (Wildman–Crippen MR) is 259 cm³/mol. The Labute approximate surface area is 381 Å². The summed E-state index contributed by atoms with van der Waals surface area (Å²) < 4.78 is 17.2. The molecule has 0 fully saturated rings. The second-order valence-corrected chi connectivity index (χ2v) is 17.7. The zero-order valence-corrected chi connectivity index (χ0v) is 40.5. The Hall–Kier alpha value is -3.23. The lowest BCUT2D eigenvalue weighted by Gasteiger charge is -2.34. The molecule has 0 saturated carbocycles. The number of aliphatic carboxylic acids is 1. The summed E-state index contributed by atoms with van der Waals surface area (Å²) in [7, 11) is 5.40. The fourth-order valence-corrected chi connectivity index (χ4v) is 7.03. The highest BCUT2D eigenvalue weighted by Crippen LogP contribution is 2.14. The number of quaternary nitrogens is 1. The molecule has 8 heteroatoms. The number of hydrogen-bond donors (Lipinski definition) is 0. The SMILES string of the molecule is CC/C=C/C/C=C/C/C=C/CCCCCCCCCCCCC(=O)OC(COCCC(C(=O)[O-])[N+](C)(C)C)COC(=O)CCCCCCC/C=C/C=C/C=C/CCCCCCC. The average Bonchev–Trinajstić information content (AvgIpc) is 3.23. The lowest BCUT2D eigenvalue weighted by atomic mass is 10.0. The molecular formula is C54H93NO7. The molecular weight excluding hydrogens is 775 g/mol. The third-order valence-electron chi connectivity index (χ3n) is 10.9. The van der Waals surface area contributed by atoms with Crippen LogP contribution in [0.3, 0.4) is 0 Å². The summed E-state index contributed by atoms with van der Waals surface area (Å²) in [5.74, 6) is -1.77. The lowest BCUT2D eigenvalue weighted by Crippen LogP contribution is -2.55. The summed E-state index contributed by atoms with van der Waals surface area (Å²) in [6, 6.07) is -0.733. The number of rotatable bonds is 44. The van der Waals surface area contributed by atoms with Crippen molar-refractivity contribution in [1.29, 1.82) is 0 Å². The van der Waals surface area contributed by atoms with E-state index in [0.29, 0.717) is 12.8 Å². The first-order chi connectivity index (χ1) is 30.1. The number of allylic oxidation sites excluding steroid dienone is 12. The third kappa shape index (κ3) is 42.1. The molecule has 0 amide bonds. The van der Waals surface area contributed by atoms with E-state index in [1.54, 1.807) is 21.1 Å². The minimum atomic E-state index is -1.13. The number of esters is 2. The van der Waals surface area contributed by atoms with E-state index in [2.05, 4.69) is 86.8 Å². The van der Waals surface area contributed by atoms with Gasteiger partial charge in [0.05, 0.1) is 40.3 Å². The van der Waals surface area contributed by atoms with E-state index >= 15 is 0 Å². The van der Waals surface area contributed by atoms with Crippen molar-refractivity contribution < 1.29 is 38.2 Å². The standard InChI is InChI=1S/C54H93NO7/c1-6-8-10-12-14-16-18-20-22-24-26-27-29-31-33-35-37-39-41-43-45-53(57)62-50(48-60-47-46-51(54(58)59)55(3,4)5)49-61-52(56)44-42-40-38-36-34-32-30-28-25-23-21-19-17-15-13-11-9-7-2/h8,10,14,16,19-23,25,28,30,50-51H,6-7,9,11-13,15,17-18,24,26-27,29,31-49H2,1-5H3/b10-8+,16-14+,21-19+,22-20+,25-23+,30-28+. The number of carbonyl (C=O) groups is 3. The van der Waals surface area contributed by atoms with Gasteiger partial charge < -0.3 is 28.6 Å². The Morgan fingerprint density at radius 2 is 0.968 bits per heavy atom. The summed E-state index contributed by atoms with van der Waals surface area (Å²) in [6.07, 6.45) is 56.4. The van der Waals surface area contributed by atoms with E-state index in [4.69, 9.17) is 14.2 Å². The second kappa shape index (κ2) is 44.4. The highest BCUT2D eigenvalue weighted by molar-refractivity contribution is 5.70. The molecule has 0 spiro atoms. The van der Waals surface area contributed by atoms with Crippen LogP contribution >= 0.6 is 0 Å². The van der Waals surface area contributed by atoms with Gasteiger partial charge in [-0.1, -0.05) is 183 Å². The van der Waals surface area contributed by atoms with Crippen LogP contribution < -0.4 is 5.11 Å². The van der Waals surface area contributed by atoms with Crippen LogP contribution in [0.1, 0.15) is 200 Å². The van der Waals surface area contributed by atoms with Crippen LogP contribution in [0.2, 0.25) is 0 Å². The van der Waals surface area contributed by atoms with E-state index in [1.807, 2.05) is 0 Å². The van der Waals surface area contributed by atoms with Crippen LogP contribution in [0, 0.1) is 0 Å². The fourth-order valence-electron chi connectivity index (χ4n) is 7.03. The van der Waals surface area contributed by atoms with E-state index in [-0.39, 0.29) is 42.7 Å². The number of unbranched alkanes of at least 4 members (excludes halogenated alkanes) is 20. The first-order valence-corrected chi connectivity index (χ1v) is 25.0. The van der Waals surface area contributed by atoms with Crippen molar-refractivity contribution in [3.05, 3.63) is 72.9 Å². The molecule has 62 heavy (non-hydrogen) atoms. The number of carboxylic acid groups (broad SMARTS) is 1. The molecule has 0 radical (unpaired) electrons. The van der Waals surface area contributed by atoms with Gasteiger partial charge in [-0.2, -0.15) is 0 Å². The smallest absolute Gasteiger partial charge is 0.306 e. The van der Waals surface area contributed by atoms with Gasteiger partial charge in [-0.25, -0.2) is 0 Å². The molecule has 0 aliphatic carbocycles. The lowest BCUT2D eigenvalue weighted by molar-refractivity contribution is -0.889. The molecule has 2 unspecified atom stereocenters. The molecule has 8 nitrogen and oxygen atoms in total. The maximum atomic E-state index is 12.8. The van der Waals surface area contributed by atoms with Crippen LogP contribution in [0.5, 0.6) is 0 Å². The fraction of sp³-hybridized carbons (Fsp3) is 0.722. The first kappa shape index (κ1) is 58.8. The maximum absolute atomic E-state index is 12.8. The number of carbonyl (C=O) groups excluding carboxylic acids is 3. The molecule has 0 saturated heterocycles. The average molecular weight is 868 g/mol. The van der Waals surface area contributed by atoms with Gasteiger partial charge in [0.1, 0.15) is 12.6 Å². The molecule has 356 valence electrons. The minimum Gasteiger partial charge on any atom is -0.544 e. The monoisotopic (exact) mass is 868 g/mol. The number of ether oxygens (including phenoxy) is 3. The van der Waals surface area contributed by atoms with Crippen molar-refractivity contribution in [1.82, 2.24) is 0 Å². The summed E-state index contributed by atoms with van der Waals surface area (Å²) in [4.78, 5) is 37.0. The van der Waals surface area contributed by atoms with Gasteiger partial charge in [0.2, 0.25) is 0 Å². The van der Waals surface area contributed by atoms with E-state index in [1.165, 1.54) is 83.5 Å². The summed E-state index contributed by atoms with van der Waals surface area (Å²) in [5, 5.41) is 11.7. The second-order valence-electron chi connectivity index (χ2n) is 17.7. The quantitative estimate of drug-likeness (QED) is 0.0198. The van der Waals surface area contributed by atoms with Crippen molar-refractivity contribution in [3.8, 4) is 0 Å². The Bertz CT molecular complexity index is 1240. The third-order valence-corrected chi connectivity index (χ3v) is 10.9. The van der Waals surface area contributed by atoms with Crippen LogP contribution in [0.15, 0.2) is 72.9 Å². The molecule has 0 aliphatic heterocycles. The molecule has 0 heterocycles. The summed E-state index contributed by atoms with van der Waals surface area (Å²) >= 11 is 0. The van der Waals surface area contributed by atoms with Crippen molar-refractivity contribution in [2.75, 3.05) is 41.0 Å². The van der Waals surface area contributed by atoms with Crippen LogP contribution in [-0.4, -0.2) is 75.5 Å². The highest BCUT2D eigenvalue weighted by atomic mass is 16.6. The Kier molecular flexibility index (Phi) is 42.1. The van der Waals surface area contributed by atoms with Gasteiger partial charge in [0, 0.05) is 19.3 Å². The van der Waals surface area contributed by atoms with Gasteiger partial charge >= 0.3 is 11.9 Å². The van der Waals surface area contributed by atoms with E-state index in [9.17, 15) is 19.5 Å². The molecule has 2 atom stereocenters. The highest BCUT2D eigenvalue weighted by Gasteiger charge is 2.25. The molecule has 0 aromatic heterocycles. The minimum absolute atomic E-state index is 0.0296. The first-order valence-electron chi connectivity index (χ1n) is 25.0. The zero-order valence-electron chi connectivity index (χ0n) is 40.5. The van der Waals surface area contributed by atoms with Crippen LogP contribution in [-0.2, 0) is 28.6 Å². The molecule has 0 N–H and O–H groups in total. The van der Waals surface area contributed by atoms with Gasteiger partial charge in [-0.15, -0.1) is 0 Å². The molecule has 0 aromatic carbocycles. The molecule has 0 bridgehead atoms. The van der Waals surface area contributed by atoms with Crippen LogP contribution in [0.25, 0.3) is 0 Å². The van der Waals surface area contributed by atoms with Crippen molar-refractivity contribution in [2.24, 2.45) is 0 Å². The topological polar surface area (TPSA) is 102 Å². The van der Waals surface area contributed by atoms with Gasteiger partial charge in [-0.3, -0.25) is 9.59 Å². The molecule has 0 aliphatic rings.